The van der Waals surface area contributed by atoms with Crippen molar-refractivity contribution in [1.29, 1.82) is 0 Å². The predicted molar refractivity (Wildman–Crippen MR) is 116 cm³/mol. The number of nitrogens with zero attached hydrogens (tertiary/aromatic N) is 5. The van der Waals surface area contributed by atoms with Crippen LogP contribution >= 0.6 is 0 Å². The van der Waals surface area contributed by atoms with E-state index < -0.39 is 17.7 Å². The molecule has 0 aliphatic heterocycles. The second-order valence-electron chi connectivity index (χ2n) is 7.38. The molecule has 0 amide bonds. The minimum atomic E-state index is -4.62. The van der Waals surface area contributed by atoms with Gasteiger partial charge in [0.15, 0.2) is 5.69 Å². The minimum absolute atomic E-state index is 0.308. The summed E-state index contributed by atoms with van der Waals surface area (Å²) in [6.45, 7) is 1.91. The Morgan fingerprint density at radius 1 is 1.09 bits per heavy atom. The third-order valence-corrected chi connectivity index (χ3v) is 5.38. The number of alkyl halides is 3. The number of rotatable bonds is 4. The summed E-state index contributed by atoms with van der Waals surface area (Å²) in [4.78, 5) is 16.2. The average Bonchev–Trinajstić information content (AvgIpc) is 3.43. The van der Waals surface area contributed by atoms with Gasteiger partial charge < -0.3 is 10.3 Å². The van der Waals surface area contributed by atoms with Crippen LogP contribution in [0.5, 0.6) is 0 Å². The summed E-state index contributed by atoms with van der Waals surface area (Å²) in [6, 6.07) is 3.53. The van der Waals surface area contributed by atoms with E-state index in [1.165, 1.54) is 24.5 Å². The number of fused-ring (bicyclic) bond motifs is 3. The van der Waals surface area contributed by atoms with Crippen LogP contribution in [0.15, 0.2) is 43.0 Å². The zero-order valence-electron chi connectivity index (χ0n) is 17.5. The maximum atomic E-state index is 14.4. The van der Waals surface area contributed by atoms with Crippen molar-refractivity contribution in [2.75, 3.05) is 12.4 Å². The molecule has 4 heterocycles. The number of aromatic nitrogens is 6. The molecule has 168 valence electrons. The van der Waals surface area contributed by atoms with E-state index >= 15 is 0 Å². The number of aryl methyl sites for hydroxylation is 1. The van der Waals surface area contributed by atoms with E-state index in [2.05, 4.69) is 30.4 Å². The average molecular weight is 455 g/mol. The lowest BCUT2D eigenvalue weighted by Gasteiger charge is -2.12. The highest BCUT2D eigenvalue weighted by molar-refractivity contribution is 6.15. The Morgan fingerprint density at radius 2 is 1.85 bits per heavy atom. The highest BCUT2D eigenvalue weighted by Crippen LogP contribution is 2.39. The van der Waals surface area contributed by atoms with Gasteiger partial charge in [-0.25, -0.2) is 24.0 Å². The number of halogens is 4. The fourth-order valence-corrected chi connectivity index (χ4v) is 3.83. The lowest BCUT2D eigenvalue weighted by Crippen LogP contribution is -2.08. The molecular formula is C22H17F4N7. The van der Waals surface area contributed by atoms with E-state index in [0.717, 1.165) is 10.7 Å². The van der Waals surface area contributed by atoms with Gasteiger partial charge in [0.1, 0.15) is 17.3 Å². The van der Waals surface area contributed by atoms with Crippen molar-refractivity contribution in [1.82, 2.24) is 29.7 Å². The van der Waals surface area contributed by atoms with E-state index in [4.69, 9.17) is 0 Å². The van der Waals surface area contributed by atoms with Crippen LogP contribution in [0.1, 0.15) is 18.4 Å². The van der Waals surface area contributed by atoms with Gasteiger partial charge in [-0.2, -0.15) is 18.3 Å². The van der Waals surface area contributed by atoms with Gasteiger partial charge in [0.25, 0.3) is 0 Å². The number of hydrogen-bond donors (Lipinski definition) is 2. The summed E-state index contributed by atoms with van der Waals surface area (Å²) in [5.41, 5.74) is 1.70. The smallest absolute Gasteiger partial charge is 0.386 e. The Kier molecular flexibility index (Phi) is 4.76. The molecule has 0 radical (unpaired) electrons. The number of pyridine rings is 1. The van der Waals surface area contributed by atoms with Gasteiger partial charge in [-0.1, -0.05) is 6.92 Å². The molecule has 0 aliphatic carbocycles. The first kappa shape index (κ1) is 20.9. The van der Waals surface area contributed by atoms with Crippen LogP contribution in [0.25, 0.3) is 38.8 Å². The Bertz CT molecular complexity index is 1480. The summed E-state index contributed by atoms with van der Waals surface area (Å²) < 4.78 is 55.5. The molecule has 0 spiro atoms. The van der Waals surface area contributed by atoms with Crippen LogP contribution in [0.3, 0.4) is 0 Å². The van der Waals surface area contributed by atoms with Crippen molar-refractivity contribution in [2.24, 2.45) is 0 Å². The minimum Gasteiger partial charge on any atom is -0.386 e. The first-order chi connectivity index (χ1) is 15.8. The van der Waals surface area contributed by atoms with E-state index in [1.54, 1.807) is 19.4 Å². The molecule has 0 unspecified atom stereocenters. The molecule has 33 heavy (non-hydrogen) atoms. The maximum Gasteiger partial charge on any atom is 0.435 e. The predicted octanol–water partition coefficient (Wildman–Crippen LogP) is 5.12. The van der Waals surface area contributed by atoms with Gasteiger partial charge in [0.2, 0.25) is 0 Å². The van der Waals surface area contributed by atoms with Crippen LogP contribution in [0.4, 0.5) is 23.2 Å². The van der Waals surface area contributed by atoms with Crippen LogP contribution in [-0.2, 0) is 12.6 Å². The molecular weight excluding hydrogens is 438 g/mol. The summed E-state index contributed by atoms with van der Waals surface area (Å²) in [5, 5.41) is 7.58. The molecule has 0 fully saturated rings. The van der Waals surface area contributed by atoms with Crippen LogP contribution < -0.4 is 5.32 Å². The van der Waals surface area contributed by atoms with Crippen molar-refractivity contribution < 1.29 is 17.6 Å². The Hall–Kier alpha value is -4.02. The summed E-state index contributed by atoms with van der Waals surface area (Å²) in [6.07, 6.45) is 1.92. The Morgan fingerprint density at radius 3 is 2.48 bits per heavy atom. The van der Waals surface area contributed by atoms with E-state index in [-0.39, 0.29) is 0 Å². The molecule has 2 N–H and O–H groups in total. The summed E-state index contributed by atoms with van der Waals surface area (Å²) >= 11 is 0. The highest BCUT2D eigenvalue weighted by Gasteiger charge is 2.34. The fourth-order valence-electron chi connectivity index (χ4n) is 3.83. The number of benzene rings is 1. The van der Waals surface area contributed by atoms with E-state index in [1.807, 2.05) is 6.92 Å². The molecule has 4 aromatic heterocycles. The number of anilines is 1. The molecule has 5 aromatic rings. The van der Waals surface area contributed by atoms with Crippen LogP contribution in [0, 0.1) is 5.82 Å². The van der Waals surface area contributed by atoms with E-state index in [0.29, 0.717) is 56.7 Å². The maximum absolute atomic E-state index is 14.4. The standard InChI is InChI=1S/C22H17F4N7/c1-3-17-28-8-11(9-29-17)14-10-30-21-18(13-6-12(23)7-15(27-2)19(13)31-21)20(14)33-5-4-16(32-33)22(24,25)26/h4-10,27H,3H2,1-2H3,(H,30,31). The topological polar surface area (TPSA) is 84.3 Å². The molecule has 0 saturated carbocycles. The normalized spacial score (nSPS) is 12.1. The summed E-state index contributed by atoms with van der Waals surface area (Å²) in [5.74, 6) is 0.122. The quantitative estimate of drug-likeness (QED) is 0.368. The summed E-state index contributed by atoms with van der Waals surface area (Å²) in [7, 11) is 1.65. The first-order valence-corrected chi connectivity index (χ1v) is 10.1. The third kappa shape index (κ3) is 3.45. The van der Waals surface area contributed by atoms with Crippen LogP contribution in [-0.4, -0.2) is 36.8 Å². The van der Waals surface area contributed by atoms with Crippen molar-refractivity contribution in [3.63, 3.8) is 0 Å². The Balaban J connectivity index is 1.88. The molecule has 5 rings (SSSR count). The van der Waals surface area contributed by atoms with Crippen molar-refractivity contribution >= 4 is 27.6 Å². The third-order valence-electron chi connectivity index (χ3n) is 5.38. The molecule has 0 aliphatic rings. The molecule has 11 heteroatoms. The van der Waals surface area contributed by atoms with Gasteiger partial charge in [-0.3, -0.25) is 0 Å². The second-order valence-corrected chi connectivity index (χ2v) is 7.38. The number of hydrogen-bond acceptors (Lipinski definition) is 5. The molecule has 0 saturated heterocycles. The molecule has 0 atom stereocenters. The van der Waals surface area contributed by atoms with Gasteiger partial charge in [-0.05, 0) is 18.2 Å². The lowest BCUT2D eigenvalue weighted by atomic mass is 10.0. The van der Waals surface area contributed by atoms with Gasteiger partial charge in [-0.15, -0.1) is 0 Å². The zero-order valence-corrected chi connectivity index (χ0v) is 17.5. The highest BCUT2D eigenvalue weighted by atomic mass is 19.4. The van der Waals surface area contributed by atoms with Gasteiger partial charge in [0, 0.05) is 54.8 Å². The second kappa shape index (κ2) is 7.54. The molecule has 0 bridgehead atoms. The monoisotopic (exact) mass is 455 g/mol. The molecule has 7 nitrogen and oxygen atoms in total. The van der Waals surface area contributed by atoms with Gasteiger partial charge in [0.05, 0.1) is 22.3 Å². The van der Waals surface area contributed by atoms with E-state index in [9.17, 15) is 17.6 Å². The number of H-pyrrole nitrogens is 1. The van der Waals surface area contributed by atoms with Crippen molar-refractivity contribution in [3.8, 4) is 16.8 Å². The van der Waals surface area contributed by atoms with Crippen LogP contribution in [0.2, 0.25) is 0 Å². The van der Waals surface area contributed by atoms with Crippen molar-refractivity contribution in [3.05, 3.63) is 60.3 Å². The molecule has 1 aromatic carbocycles. The Labute approximate surface area is 184 Å². The first-order valence-electron chi connectivity index (χ1n) is 10.1. The largest absolute Gasteiger partial charge is 0.435 e. The SMILES string of the molecule is CCc1ncc(-c2cnc3[nH]c4c(NC)cc(F)cc4c3c2-n2ccc(C(F)(F)F)n2)cn1. The van der Waals surface area contributed by atoms with Crippen molar-refractivity contribution in [2.45, 2.75) is 19.5 Å². The lowest BCUT2D eigenvalue weighted by molar-refractivity contribution is -0.141. The zero-order chi connectivity index (χ0) is 23.3. The number of nitrogens with one attached hydrogen (secondary N) is 2. The van der Waals surface area contributed by atoms with Gasteiger partial charge >= 0.3 is 6.18 Å². The fraction of sp³-hybridized carbons (Fsp3) is 0.182. The number of aromatic amines is 1.